The average Bonchev–Trinajstić information content (AvgIpc) is 2.63. The summed E-state index contributed by atoms with van der Waals surface area (Å²) in [6.45, 7) is 0.0790. The summed E-state index contributed by atoms with van der Waals surface area (Å²) < 4.78 is 13.0. The third-order valence-corrected chi connectivity index (χ3v) is 3.70. The van der Waals surface area contributed by atoms with Gasteiger partial charge in [0.05, 0.1) is 0 Å². The van der Waals surface area contributed by atoms with E-state index in [-0.39, 0.29) is 30.0 Å². The predicted octanol–water partition coefficient (Wildman–Crippen LogP) is 1.89. The zero-order valence-corrected chi connectivity index (χ0v) is 10.8. The van der Waals surface area contributed by atoms with Crippen LogP contribution in [-0.4, -0.2) is 28.6 Å². The minimum Gasteiger partial charge on any atom is -0.396 e. The van der Waals surface area contributed by atoms with Gasteiger partial charge in [0.1, 0.15) is 0 Å². The second-order valence-electron chi connectivity index (χ2n) is 5.03. The van der Waals surface area contributed by atoms with Gasteiger partial charge >= 0.3 is 0 Å². The number of halogens is 1. The number of amides is 1. The summed E-state index contributed by atoms with van der Waals surface area (Å²) in [4.78, 5) is 15.5. The molecule has 0 aromatic carbocycles. The molecule has 2 rings (SSSR count). The molecule has 0 bridgehead atoms. The van der Waals surface area contributed by atoms with Gasteiger partial charge in [-0.25, -0.2) is 4.98 Å². The number of nitrogens with one attached hydrogen (secondary N) is 1. The molecule has 0 spiro atoms. The number of aromatic nitrogens is 1. The van der Waals surface area contributed by atoms with Crippen LogP contribution in [0.4, 0.5) is 4.39 Å². The van der Waals surface area contributed by atoms with Crippen molar-refractivity contribution in [3.8, 4) is 0 Å². The number of aliphatic hydroxyl groups excluding tert-OH is 1. The Bertz CT molecular complexity index is 439. The van der Waals surface area contributed by atoms with Crippen LogP contribution >= 0.6 is 0 Å². The van der Waals surface area contributed by atoms with Crippen molar-refractivity contribution in [3.63, 3.8) is 0 Å². The van der Waals surface area contributed by atoms with Crippen LogP contribution in [-0.2, 0) is 0 Å². The minimum atomic E-state index is -0.660. The largest absolute Gasteiger partial charge is 0.396 e. The molecular formula is C14H19FN2O2. The van der Waals surface area contributed by atoms with Gasteiger partial charge in [-0.05, 0) is 18.9 Å². The lowest BCUT2D eigenvalue weighted by Crippen LogP contribution is -2.41. The molecule has 1 amide bonds. The molecule has 2 N–H and O–H groups in total. The normalized spacial score (nSPS) is 23.7. The molecular weight excluding hydrogens is 247 g/mol. The first-order valence-corrected chi connectivity index (χ1v) is 6.74. The number of pyridine rings is 1. The zero-order valence-electron chi connectivity index (χ0n) is 10.8. The van der Waals surface area contributed by atoms with Crippen molar-refractivity contribution < 1.29 is 14.3 Å². The van der Waals surface area contributed by atoms with Gasteiger partial charge in [-0.15, -0.1) is 0 Å². The van der Waals surface area contributed by atoms with Crippen LogP contribution < -0.4 is 5.32 Å². The van der Waals surface area contributed by atoms with Crippen molar-refractivity contribution in [2.24, 2.45) is 5.92 Å². The highest BCUT2D eigenvalue weighted by molar-refractivity contribution is 5.94. The maximum Gasteiger partial charge on any atom is 0.251 e. The van der Waals surface area contributed by atoms with Gasteiger partial charge in [0.25, 0.3) is 5.91 Å². The number of hydrogen-bond donors (Lipinski definition) is 2. The smallest absolute Gasteiger partial charge is 0.251 e. The fourth-order valence-electron chi connectivity index (χ4n) is 2.59. The maximum absolute atomic E-state index is 13.0. The standard InChI is InChI=1S/C14H19FN2O2/c15-13-8-10(6-7-16-13)14(19)17-12-5-3-1-2-4-11(12)9-18/h6-8,11-12,18H,1-5,9H2,(H,17,19). The summed E-state index contributed by atoms with van der Waals surface area (Å²) in [7, 11) is 0. The summed E-state index contributed by atoms with van der Waals surface area (Å²) >= 11 is 0. The molecule has 2 unspecified atom stereocenters. The molecule has 4 nitrogen and oxygen atoms in total. The van der Waals surface area contributed by atoms with E-state index in [0.717, 1.165) is 38.2 Å². The Morgan fingerprint density at radius 3 is 2.95 bits per heavy atom. The molecule has 1 heterocycles. The number of aliphatic hydroxyl groups is 1. The molecule has 1 aliphatic rings. The van der Waals surface area contributed by atoms with Crippen LogP contribution in [0, 0.1) is 11.9 Å². The molecule has 5 heteroatoms. The molecule has 1 aromatic heterocycles. The highest BCUT2D eigenvalue weighted by Crippen LogP contribution is 2.23. The molecule has 1 aromatic rings. The fourth-order valence-corrected chi connectivity index (χ4v) is 2.59. The number of hydrogen-bond acceptors (Lipinski definition) is 3. The lowest BCUT2D eigenvalue weighted by molar-refractivity contribution is 0.0899. The Morgan fingerprint density at radius 1 is 1.42 bits per heavy atom. The maximum atomic E-state index is 13.0. The van der Waals surface area contributed by atoms with E-state index in [1.165, 1.54) is 12.3 Å². The Morgan fingerprint density at radius 2 is 2.21 bits per heavy atom. The molecule has 104 valence electrons. The Labute approximate surface area is 112 Å². The second kappa shape index (κ2) is 6.61. The van der Waals surface area contributed by atoms with Gasteiger partial charge in [0.15, 0.2) is 0 Å². The van der Waals surface area contributed by atoms with Crippen LogP contribution in [0.3, 0.4) is 0 Å². The van der Waals surface area contributed by atoms with E-state index in [0.29, 0.717) is 0 Å². The summed E-state index contributed by atoms with van der Waals surface area (Å²) in [5.74, 6) is -0.864. The monoisotopic (exact) mass is 266 g/mol. The average molecular weight is 266 g/mol. The number of rotatable bonds is 3. The lowest BCUT2D eigenvalue weighted by atomic mass is 9.95. The summed E-state index contributed by atoms with van der Waals surface area (Å²) in [6.07, 6.45) is 6.33. The minimum absolute atomic E-state index is 0.0313. The van der Waals surface area contributed by atoms with E-state index in [4.69, 9.17) is 0 Å². The van der Waals surface area contributed by atoms with Crippen molar-refractivity contribution in [1.82, 2.24) is 10.3 Å². The molecule has 1 aliphatic carbocycles. The van der Waals surface area contributed by atoms with Crippen LogP contribution in [0.25, 0.3) is 0 Å². The summed E-state index contributed by atoms with van der Waals surface area (Å²) in [5, 5.41) is 12.3. The molecule has 1 saturated carbocycles. The van der Waals surface area contributed by atoms with E-state index >= 15 is 0 Å². The topological polar surface area (TPSA) is 62.2 Å². The van der Waals surface area contributed by atoms with E-state index < -0.39 is 5.95 Å². The third kappa shape index (κ3) is 3.73. The molecule has 0 saturated heterocycles. The SMILES string of the molecule is O=C(NC1CCCCCC1CO)c1ccnc(F)c1. The van der Waals surface area contributed by atoms with Crippen LogP contribution in [0.5, 0.6) is 0 Å². The van der Waals surface area contributed by atoms with Crippen molar-refractivity contribution in [2.75, 3.05) is 6.61 Å². The van der Waals surface area contributed by atoms with Crippen LogP contribution in [0.1, 0.15) is 42.5 Å². The van der Waals surface area contributed by atoms with Crippen LogP contribution in [0.2, 0.25) is 0 Å². The third-order valence-electron chi connectivity index (χ3n) is 3.70. The quantitative estimate of drug-likeness (QED) is 0.648. The van der Waals surface area contributed by atoms with Gasteiger partial charge in [-0.2, -0.15) is 4.39 Å². The molecule has 0 radical (unpaired) electrons. The van der Waals surface area contributed by atoms with E-state index in [1.807, 2.05) is 0 Å². The van der Waals surface area contributed by atoms with Gasteiger partial charge in [0, 0.05) is 36.4 Å². The summed E-state index contributed by atoms with van der Waals surface area (Å²) in [6, 6.07) is 2.58. The van der Waals surface area contributed by atoms with Gasteiger partial charge < -0.3 is 10.4 Å². The number of nitrogens with zero attached hydrogens (tertiary/aromatic N) is 1. The van der Waals surface area contributed by atoms with Crippen molar-refractivity contribution in [3.05, 3.63) is 29.8 Å². The van der Waals surface area contributed by atoms with E-state index in [9.17, 15) is 14.3 Å². The Kier molecular flexibility index (Phi) is 4.85. The number of carbonyl (C=O) groups is 1. The van der Waals surface area contributed by atoms with Crippen molar-refractivity contribution in [2.45, 2.75) is 38.1 Å². The molecule has 0 aliphatic heterocycles. The lowest BCUT2D eigenvalue weighted by Gasteiger charge is -2.24. The van der Waals surface area contributed by atoms with Crippen LogP contribution in [0.15, 0.2) is 18.3 Å². The van der Waals surface area contributed by atoms with Crippen molar-refractivity contribution >= 4 is 5.91 Å². The highest BCUT2D eigenvalue weighted by atomic mass is 19.1. The zero-order chi connectivity index (χ0) is 13.7. The predicted molar refractivity (Wildman–Crippen MR) is 69.1 cm³/mol. The fraction of sp³-hybridized carbons (Fsp3) is 0.571. The van der Waals surface area contributed by atoms with Crippen molar-refractivity contribution in [1.29, 1.82) is 0 Å². The first-order valence-electron chi connectivity index (χ1n) is 6.74. The molecule has 1 fully saturated rings. The van der Waals surface area contributed by atoms with E-state index in [1.54, 1.807) is 0 Å². The molecule has 2 atom stereocenters. The molecule has 19 heavy (non-hydrogen) atoms. The van der Waals surface area contributed by atoms with Gasteiger partial charge in [-0.3, -0.25) is 4.79 Å². The first-order chi connectivity index (χ1) is 9.20. The first kappa shape index (κ1) is 13.9. The number of carbonyl (C=O) groups excluding carboxylic acids is 1. The van der Waals surface area contributed by atoms with Gasteiger partial charge in [0.2, 0.25) is 5.95 Å². The highest BCUT2D eigenvalue weighted by Gasteiger charge is 2.25. The Balaban J connectivity index is 2.04. The van der Waals surface area contributed by atoms with E-state index in [2.05, 4.69) is 10.3 Å². The second-order valence-corrected chi connectivity index (χ2v) is 5.03. The van der Waals surface area contributed by atoms with Gasteiger partial charge in [-0.1, -0.05) is 19.3 Å². The Hall–Kier alpha value is -1.49. The summed E-state index contributed by atoms with van der Waals surface area (Å²) in [5.41, 5.74) is 0.272.